The van der Waals surface area contributed by atoms with E-state index in [0.29, 0.717) is 23.0 Å². The third-order valence-electron chi connectivity index (χ3n) is 3.20. The van der Waals surface area contributed by atoms with Crippen molar-refractivity contribution in [1.29, 1.82) is 0 Å². The molecule has 2 N–H and O–H groups in total. The number of carbonyl (C=O) groups is 1. The van der Waals surface area contributed by atoms with E-state index in [2.05, 4.69) is 20.3 Å². The van der Waals surface area contributed by atoms with Crippen LogP contribution in [0.25, 0.3) is 0 Å². The fourth-order valence-corrected chi connectivity index (χ4v) is 2.12. The van der Waals surface area contributed by atoms with Crippen LogP contribution in [0.2, 0.25) is 0 Å². The summed E-state index contributed by atoms with van der Waals surface area (Å²) in [5.74, 6) is 0.741. The summed E-state index contributed by atoms with van der Waals surface area (Å²) in [6.07, 6.45) is 1.60. The zero-order chi connectivity index (χ0) is 16.1. The number of amides is 1. The highest BCUT2D eigenvalue weighted by Gasteiger charge is 2.12. The summed E-state index contributed by atoms with van der Waals surface area (Å²) in [7, 11) is 1.52. The van der Waals surface area contributed by atoms with E-state index in [9.17, 15) is 9.59 Å². The number of aromatic nitrogens is 3. The number of rotatable bonds is 5. The average molecular weight is 302 g/mol. The Morgan fingerprint density at radius 2 is 2.18 bits per heavy atom. The molecule has 0 unspecified atom stereocenters. The summed E-state index contributed by atoms with van der Waals surface area (Å²) in [4.78, 5) is 34.7. The van der Waals surface area contributed by atoms with E-state index in [0.717, 1.165) is 5.56 Å². The van der Waals surface area contributed by atoms with Gasteiger partial charge < -0.3 is 15.0 Å². The van der Waals surface area contributed by atoms with Crippen molar-refractivity contribution in [2.24, 2.45) is 0 Å². The smallest absolute Gasteiger partial charge is 0.254 e. The van der Waals surface area contributed by atoms with Crippen molar-refractivity contribution in [2.45, 2.75) is 26.8 Å². The van der Waals surface area contributed by atoms with Gasteiger partial charge in [0.1, 0.15) is 5.82 Å². The second kappa shape index (κ2) is 6.84. The van der Waals surface area contributed by atoms with Crippen LogP contribution in [0.5, 0.6) is 5.88 Å². The maximum absolute atomic E-state index is 12.0. The molecule has 0 fully saturated rings. The monoisotopic (exact) mass is 302 g/mol. The number of hydrogen-bond acceptors (Lipinski definition) is 5. The number of ether oxygens (including phenoxy) is 1. The van der Waals surface area contributed by atoms with Gasteiger partial charge >= 0.3 is 0 Å². The molecule has 0 aliphatic heterocycles. The zero-order valence-electron chi connectivity index (χ0n) is 12.8. The zero-order valence-corrected chi connectivity index (χ0v) is 12.8. The van der Waals surface area contributed by atoms with Gasteiger partial charge in [-0.15, -0.1) is 0 Å². The third kappa shape index (κ3) is 3.69. The van der Waals surface area contributed by atoms with Gasteiger partial charge in [-0.2, -0.15) is 0 Å². The number of carbonyl (C=O) groups excluding carboxylic acids is 1. The van der Waals surface area contributed by atoms with E-state index in [1.54, 1.807) is 26.1 Å². The van der Waals surface area contributed by atoms with E-state index in [-0.39, 0.29) is 24.4 Å². The lowest BCUT2D eigenvalue weighted by Crippen LogP contribution is -2.29. The minimum atomic E-state index is -0.279. The molecule has 2 aromatic rings. The molecule has 0 aliphatic carbocycles. The summed E-state index contributed by atoms with van der Waals surface area (Å²) in [6.45, 7) is 3.70. The lowest BCUT2D eigenvalue weighted by molar-refractivity contribution is -0.120. The Morgan fingerprint density at radius 1 is 1.41 bits per heavy atom. The van der Waals surface area contributed by atoms with Crippen molar-refractivity contribution >= 4 is 5.91 Å². The van der Waals surface area contributed by atoms with E-state index < -0.39 is 0 Å². The molecule has 2 rings (SSSR count). The molecule has 7 nitrogen and oxygen atoms in total. The first kappa shape index (κ1) is 15.7. The van der Waals surface area contributed by atoms with Crippen LogP contribution in [0.4, 0.5) is 0 Å². The first-order valence-corrected chi connectivity index (χ1v) is 6.82. The van der Waals surface area contributed by atoms with Gasteiger partial charge in [0, 0.05) is 29.6 Å². The van der Waals surface area contributed by atoms with Crippen LogP contribution >= 0.6 is 0 Å². The summed E-state index contributed by atoms with van der Waals surface area (Å²) >= 11 is 0. The highest BCUT2D eigenvalue weighted by atomic mass is 16.5. The van der Waals surface area contributed by atoms with Crippen LogP contribution in [0.1, 0.15) is 22.6 Å². The lowest BCUT2D eigenvalue weighted by Gasteiger charge is -2.09. The van der Waals surface area contributed by atoms with Crippen molar-refractivity contribution in [3.8, 4) is 5.88 Å². The largest absolute Gasteiger partial charge is 0.481 e. The van der Waals surface area contributed by atoms with Gasteiger partial charge in [0.2, 0.25) is 11.8 Å². The maximum Gasteiger partial charge on any atom is 0.254 e. The molecular weight excluding hydrogens is 284 g/mol. The van der Waals surface area contributed by atoms with Crippen LogP contribution in [0.15, 0.2) is 23.1 Å². The van der Waals surface area contributed by atoms with Crippen LogP contribution in [0.3, 0.4) is 0 Å². The Bertz CT molecular complexity index is 740. The highest BCUT2D eigenvalue weighted by Crippen LogP contribution is 2.12. The molecule has 0 bridgehead atoms. The molecule has 0 saturated carbocycles. The summed E-state index contributed by atoms with van der Waals surface area (Å²) < 4.78 is 5.12. The molecule has 0 atom stereocenters. The Morgan fingerprint density at radius 3 is 2.86 bits per heavy atom. The Hall–Kier alpha value is -2.70. The molecule has 0 aliphatic rings. The number of aryl methyl sites for hydroxylation is 2. The van der Waals surface area contributed by atoms with Gasteiger partial charge in [0.15, 0.2) is 0 Å². The molecule has 0 spiro atoms. The standard InChI is InChI=1S/C15H18N4O3/c1-9-12(14(21)19-10(2)18-9)7-13(20)17-8-11-5-4-6-16-15(11)22-3/h4-6H,7-8H2,1-3H3,(H,17,20)(H,18,19,21). The van der Waals surface area contributed by atoms with Crippen LogP contribution in [0, 0.1) is 13.8 Å². The molecule has 1 amide bonds. The molecule has 2 aromatic heterocycles. The van der Waals surface area contributed by atoms with Crippen LogP contribution in [-0.4, -0.2) is 28.0 Å². The predicted octanol–water partition coefficient (Wildman–Crippen LogP) is 0.649. The number of hydrogen-bond donors (Lipinski definition) is 2. The molecule has 7 heteroatoms. The molecule has 116 valence electrons. The normalized spacial score (nSPS) is 10.3. The van der Waals surface area contributed by atoms with Crippen LogP contribution in [-0.2, 0) is 17.8 Å². The Balaban J connectivity index is 2.04. The molecule has 22 heavy (non-hydrogen) atoms. The van der Waals surface area contributed by atoms with E-state index >= 15 is 0 Å². The number of H-pyrrole nitrogens is 1. The average Bonchev–Trinajstić information content (AvgIpc) is 2.49. The van der Waals surface area contributed by atoms with Crippen molar-refractivity contribution in [2.75, 3.05) is 7.11 Å². The van der Waals surface area contributed by atoms with E-state index in [1.807, 2.05) is 6.07 Å². The van der Waals surface area contributed by atoms with Gasteiger partial charge in [-0.3, -0.25) is 9.59 Å². The number of nitrogens with zero attached hydrogens (tertiary/aromatic N) is 2. The highest BCUT2D eigenvalue weighted by molar-refractivity contribution is 5.78. The second-order valence-corrected chi connectivity index (χ2v) is 4.84. The minimum Gasteiger partial charge on any atom is -0.481 e. The van der Waals surface area contributed by atoms with Crippen molar-refractivity contribution in [3.63, 3.8) is 0 Å². The van der Waals surface area contributed by atoms with Gasteiger partial charge in [-0.1, -0.05) is 6.07 Å². The van der Waals surface area contributed by atoms with Gasteiger partial charge in [0.05, 0.1) is 13.5 Å². The third-order valence-corrected chi connectivity index (χ3v) is 3.20. The topological polar surface area (TPSA) is 97.0 Å². The SMILES string of the molecule is COc1ncccc1CNC(=O)Cc1c(C)nc(C)[nH]c1=O. The number of aromatic amines is 1. The van der Waals surface area contributed by atoms with Gasteiger partial charge in [-0.25, -0.2) is 9.97 Å². The van der Waals surface area contributed by atoms with Crippen molar-refractivity contribution in [3.05, 3.63) is 51.3 Å². The summed E-state index contributed by atoms with van der Waals surface area (Å²) in [5, 5.41) is 2.75. The fourth-order valence-electron chi connectivity index (χ4n) is 2.12. The quantitative estimate of drug-likeness (QED) is 0.845. The predicted molar refractivity (Wildman–Crippen MR) is 80.7 cm³/mol. The molecule has 0 radical (unpaired) electrons. The Kier molecular flexibility index (Phi) is 4.88. The molecular formula is C15H18N4O3. The fraction of sp³-hybridized carbons (Fsp3) is 0.333. The molecule has 2 heterocycles. The number of nitrogens with one attached hydrogen (secondary N) is 2. The first-order valence-electron chi connectivity index (χ1n) is 6.82. The van der Waals surface area contributed by atoms with Crippen LogP contribution < -0.4 is 15.6 Å². The van der Waals surface area contributed by atoms with E-state index in [4.69, 9.17) is 4.74 Å². The number of pyridine rings is 1. The van der Waals surface area contributed by atoms with Crippen molar-refractivity contribution < 1.29 is 9.53 Å². The first-order chi connectivity index (χ1) is 10.5. The van der Waals surface area contributed by atoms with E-state index in [1.165, 1.54) is 7.11 Å². The minimum absolute atomic E-state index is 0.0168. The van der Waals surface area contributed by atoms with Gasteiger partial charge in [-0.05, 0) is 19.9 Å². The molecule has 0 saturated heterocycles. The Labute approximate surface area is 127 Å². The lowest BCUT2D eigenvalue weighted by atomic mass is 10.1. The number of methoxy groups -OCH3 is 1. The van der Waals surface area contributed by atoms with Gasteiger partial charge in [0.25, 0.3) is 5.56 Å². The maximum atomic E-state index is 12.0. The van der Waals surface area contributed by atoms with Crippen molar-refractivity contribution in [1.82, 2.24) is 20.3 Å². The molecule has 0 aromatic carbocycles. The summed E-state index contributed by atoms with van der Waals surface area (Å²) in [5.41, 5.74) is 1.43. The second-order valence-electron chi connectivity index (χ2n) is 4.84. The summed E-state index contributed by atoms with van der Waals surface area (Å²) in [6, 6.07) is 3.58.